The molecule has 102 valence electrons. The predicted molar refractivity (Wildman–Crippen MR) is 76.3 cm³/mol. The van der Waals surface area contributed by atoms with Crippen molar-refractivity contribution in [2.75, 3.05) is 13.7 Å². The van der Waals surface area contributed by atoms with Gasteiger partial charge in [-0.15, -0.1) is 0 Å². The van der Waals surface area contributed by atoms with Gasteiger partial charge in [0.1, 0.15) is 5.75 Å². The monoisotopic (exact) mass is 259 g/mol. The summed E-state index contributed by atoms with van der Waals surface area (Å²) < 4.78 is 7.21. The Hall–Kier alpha value is -1.81. The molecule has 0 saturated carbocycles. The summed E-state index contributed by atoms with van der Waals surface area (Å²) in [7, 11) is 1.70. The Morgan fingerprint density at radius 1 is 1.37 bits per heavy atom. The molecule has 2 aromatic rings. The summed E-state index contributed by atoms with van der Waals surface area (Å²) >= 11 is 0. The average Bonchev–Trinajstić information content (AvgIpc) is 2.92. The summed E-state index contributed by atoms with van der Waals surface area (Å²) in [6.07, 6.45) is 4.89. The van der Waals surface area contributed by atoms with Crippen molar-refractivity contribution in [3.63, 3.8) is 0 Å². The first-order valence-corrected chi connectivity index (χ1v) is 6.61. The first-order valence-electron chi connectivity index (χ1n) is 6.61. The minimum atomic E-state index is 0.893. The van der Waals surface area contributed by atoms with Crippen molar-refractivity contribution in [1.82, 2.24) is 15.1 Å². The Labute approximate surface area is 114 Å². The number of benzene rings is 1. The van der Waals surface area contributed by atoms with Crippen molar-refractivity contribution in [1.29, 1.82) is 0 Å². The van der Waals surface area contributed by atoms with Gasteiger partial charge in [0.2, 0.25) is 0 Å². The molecule has 0 aliphatic heterocycles. The highest BCUT2D eigenvalue weighted by Gasteiger charge is 1.99. The van der Waals surface area contributed by atoms with E-state index in [1.54, 1.807) is 7.11 Å². The third kappa shape index (κ3) is 4.10. The maximum Gasteiger partial charge on any atom is 0.121 e. The van der Waals surface area contributed by atoms with E-state index in [1.807, 2.05) is 29.2 Å². The molecule has 2 rings (SSSR count). The van der Waals surface area contributed by atoms with Gasteiger partial charge < -0.3 is 10.1 Å². The minimum absolute atomic E-state index is 0.893. The summed E-state index contributed by atoms with van der Waals surface area (Å²) in [4.78, 5) is 0. The van der Waals surface area contributed by atoms with Gasteiger partial charge in [0.15, 0.2) is 0 Å². The molecule has 0 unspecified atom stereocenters. The normalized spacial score (nSPS) is 10.6. The first kappa shape index (κ1) is 13.6. The van der Waals surface area contributed by atoms with Crippen molar-refractivity contribution >= 4 is 0 Å². The van der Waals surface area contributed by atoms with Gasteiger partial charge in [-0.05, 0) is 43.1 Å². The number of methoxy groups -OCH3 is 1. The molecule has 19 heavy (non-hydrogen) atoms. The third-order valence-corrected chi connectivity index (χ3v) is 3.09. The first-order chi connectivity index (χ1) is 9.29. The number of nitrogens with one attached hydrogen (secondary N) is 1. The van der Waals surface area contributed by atoms with Crippen molar-refractivity contribution in [2.45, 2.75) is 26.4 Å². The molecule has 0 saturated heterocycles. The number of aromatic nitrogens is 2. The SMILES string of the molecule is COc1ccc(CNCCCn2cccn2)cc1C. The molecule has 0 aliphatic carbocycles. The number of hydrogen-bond acceptors (Lipinski definition) is 3. The van der Waals surface area contributed by atoms with E-state index in [0.29, 0.717) is 0 Å². The zero-order valence-corrected chi connectivity index (χ0v) is 11.6. The van der Waals surface area contributed by atoms with Crippen molar-refractivity contribution in [2.24, 2.45) is 0 Å². The van der Waals surface area contributed by atoms with Gasteiger partial charge in [0.05, 0.1) is 7.11 Å². The highest BCUT2D eigenvalue weighted by molar-refractivity contribution is 5.36. The van der Waals surface area contributed by atoms with Crippen LogP contribution in [0.25, 0.3) is 0 Å². The van der Waals surface area contributed by atoms with Gasteiger partial charge in [-0.3, -0.25) is 4.68 Å². The van der Waals surface area contributed by atoms with Crippen molar-refractivity contribution < 1.29 is 4.74 Å². The molecule has 1 aromatic carbocycles. The van der Waals surface area contributed by atoms with Crippen LogP contribution in [0.4, 0.5) is 0 Å². The lowest BCUT2D eigenvalue weighted by Gasteiger charge is -2.08. The second-order valence-electron chi connectivity index (χ2n) is 4.60. The second kappa shape index (κ2) is 6.95. The molecule has 1 heterocycles. The fourth-order valence-corrected chi connectivity index (χ4v) is 2.08. The summed E-state index contributed by atoms with van der Waals surface area (Å²) in [5.41, 5.74) is 2.47. The molecular formula is C15H21N3O. The summed E-state index contributed by atoms with van der Waals surface area (Å²) in [5.74, 6) is 0.947. The maximum atomic E-state index is 5.25. The van der Waals surface area contributed by atoms with E-state index < -0.39 is 0 Å². The summed E-state index contributed by atoms with van der Waals surface area (Å²) in [6.45, 7) is 4.91. The van der Waals surface area contributed by atoms with Gasteiger partial charge in [0, 0.05) is 25.5 Å². The second-order valence-corrected chi connectivity index (χ2v) is 4.60. The van der Waals surface area contributed by atoms with E-state index in [-0.39, 0.29) is 0 Å². The molecule has 0 spiro atoms. The lowest BCUT2D eigenvalue weighted by atomic mass is 10.1. The van der Waals surface area contributed by atoms with Crippen LogP contribution in [-0.2, 0) is 13.1 Å². The lowest BCUT2D eigenvalue weighted by Crippen LogP contribution is -2.16. The number of hydrogen-bond donors (Lipinski definition) is 1. The van der Waals surface area contributed by atoms with Crippen LogP contribution in [0.3, 0.4) is 0 Å². The number of aryl methyl sites for hydroxylation is 2. The summed E-state index contributed by atoms with van der Waals surface area (Å²) in [6, 6.07) is 8.25. The number of nitrogens with zero attached hydrogens (tertiary/aromatic N) is 2. The number of ether oxygens (including phenoxy) is 1. The quantitative estimate of drug-likeness (QED) is 0.776. The standard InChI is InChI=1S/C15H21N3O/c1-13-11-14(5-6-15(13)19-2)12-16-7-3-9-18-10-4-8-17-18/h4-6,8,10-11,16H,3,7,9,12H2,1-2H3. The zero-order valence-electron chi connectivity index (χ0n) is 11.6. The Bertz CT molecular complexity index is 494. The van der Waals surface area contributed by atoms with Crippen LogP contribution in [0.1, 0.15) is 17.5 Å². The third-order valence-electron chi connectivity index (χ3n) is 3.09. The highest BCUT2D eigenvalue weighted by atomic mass is 16.5. The highest BCUT2D eigenvalue weighted by Crippen LogP contribution is 2.18. The van der Waals surface area contributed by atoms with Gasteiger partial charge in [0.25, 0.3) is 0 Å². The van der Waals surface area contributed by atoms with Gasteiger partial charge in [-0.2, -0.15) is 5.10 Å². The fourth-order valence-electron chi connectivity index (χ4n) is 2.08. The zero-order chi connectivity index (χ0) is 13.5. The maximum absolute atomic E-state index is 5.25. The van der Waals surface area contributed by atoms with E-state index in [2.05, 4.69) is 29.5 Å². The predicted octanol–water partition coefficient (Wildman–Crippen LogP) is 2.38. The Kier molecular flexibility index (Phi) is 4.98. The molecule has 0 bridgehead atoms. The van der Waals surface area contributed by atoms with Gasteiger partial charge >= 0.3 is 0 Å². The van der Waals surface area contributed by atoms with E-state index in [4.69, 9.17) is 4.74 Å². The van der Waals surface area contributed by atoms with Crippen LogP contribution in [0, 0.1) is 6.92 Å². The smallest absolute Gasteiger partial charge is 0.121 e. The van der Waals surface area contributed by atoms with Crippen molar-refractivity contribution in [3.8, 4) is 5.75 Å². The van der Waals surface area contributed by atoms with Gasteiger partial charge in [-0.1, -0.05) is 12.1 Å². The molecule has 0 radical (unpaired) electrons. The van der Waals surface area contributed by atoms with Crippen molar-refractivity contribution in [3.05, 3.63) is 47.8 Å². The van der Waals surface area contributed by atoms with Crippen LogP contribution in [0.2, 0.25) is 0 Å². The van der Waals surface area contributed by atoms with Crippen LogP contribution in [0.15, 0.2) is 36.7 Å². The van der Waals surface area contributed by atoms with Gasteiger partial charge in [-0.25, -0.2) is 0 Å². The molecule has 0 atom stereocenters. The van der Waals surface area contributed by atoms with E-state index in [1.165, 1.54) is 11.1 Å². The van der Waals surface area contributed by atoms with E-state index in [9.17, 15) is 0 Å². The molecule has 4 nitrogen and oxygen atoms in total. The van der Waals surface area contributed by atoms with E-state index in [0.717, 1.165) is 31.8 Å². The molecule has 1 aromatic heterocycles. The van der Waals surface area contributed by atoms with Crippen LogP contribution in [0.5, 0.6) is 5.75 Å². The fraction of sp³-hybridized carbons (Fsp3) is 0.400. The summed E-state index contributed by atoms with van der Waals surface area (Å²) in [5, 5.41) is 7.62. The average molecular weight is 259 g/mol. The van der Waals surface area contributed by atoms with Crippen LogP contribution < -0.4 is 10.1 Å². The Morgan fingerprint density at radius 2 is 2.26 bits per heavy atom. The molecule has 0 aliphatic rings. The Balaban J connectivity index is 1.69. The lowest BCUT2D eigenvalue weighted by molar-refractivity contribution is 0.411. The molecule has 0 fully saturated rings. The van der Waals surface area contributed by atoms with Crippen LogP contribution in [-0.4, -0.2) is 23.4 Å². The van der Waals surface area contributed by atoms with Crippen LogP contribution >= 0.6 is 0 Å². The minimum Gasteiger partial charge on any atom is -0.496 e. The molecule has 1 N–H and O–H groups in total. The van der Waals surface area contributed by atoms with E-state index >= 15 is 0 Å². The molecular weight excluding hydrogens is 238 g/mol. The molecule has 0 amide bonds. The molecule has 4 heteroatoms. The Morgan fingerprint density at radius 3 is 2.95 bits per heavy atom. The topological polar surface area (TPSA) is 39.1 Å². The number of rotatable bonds is 7. The largest absolute Gasteiger partial charge is 0.496 e.